The molecular weight excluding hydrogens is 686 g/mol. The Morgan fingerprint density at radius 3 is 1.66 bits per heavy atom. The molecule has 16 heteroatoms. The number of hydrogen-bond donors (Lipinski definition) is 4. The maximum absolute atomic E-state index is 12.3. The van der Waals surface area contributed by atoms with Crippen molar-refractivity contribution in [2.24, 2.45) is 11.8 Å². The van der Waals surface area contributed by atoms with Gasteiger partial charge in [0.2, 0.25) is 5.91 Å². The summed E-state index contributed by atoms with van der Waals surface area (Å²) in [5.74, 6) is -2.37. The monoisotopic (exact) mass is 732 g/mol. The van der Waals surface area contributed by atoms with E-state index in [4.69, 9.17) is 43.5 Å². The molecule has 0 saturated carbocycles. The van der Waals surface area contributed by atoms with E-state index in [0.717, 1.165) is 0 Å². The molecule has 4 rings (SSSR count). The third-order valence-electron chi connectivity index (χ3n) is 6.98. The Balaban J connectivity index is 0.000000413. The van der Waals surface area contributed by atoms with Gasteiger partial charge in [-0.05, 0) is 104 Å². The predicted molar refractivity (Wildman–Crippen MR) is 185 cm³/mol. The molecule has 2 aliphatic heterocycles. The number of carbonyl (C=O) groups excluding carboxylic acids is 4. The van der Waals surface area contributed by atoms with Crippen LogP contribution in [-0.4, -0.2) is 94.3 Å². The minimum atomic E-state index is -1.04. The van der Waals surface area contributed by atoms with Gasteiger partial charge in [-0.15, -0.1) is 0 Å². The fraction of sp³-hybridized carbons (Fsp3) is 0.529. The van der Waals surface area contributed by atoms with Crippen LogP contribution in [0.15, 0.2) is 36.4 Å². The largest absolute Gasteiger partial charge is 1.00 e. The number of esters is 2. The maximum atomic E-state index is 12.3. The van der Waals surface area contributed by atoms with Crippen LogP contribution < -0.4 is 35.0 Å². The molecule has 2 heterocycles. The summed E-state index contributed by atoms with van der Waals surface area (Å²) in [6.07, 6.45) is 1.23. The van der Waals surface area contributed by atoms with Gasteiger partial charge in [0.15, 0.2) is 0 Å². The number of nitrogens with zero attached hydrogens (tertiary/aromatic N) is 2. The number of nitrogen functional groups attached to an aromatic ring is 1. The number of benzene rings is 2. The number of carboxylic acid groups (broad SMARTS) is 1. The molecule has 2 aliphatic rings. The first-order valence-corrected chi connectivity index (χ1v) is 16.5. The molecule has 0 spiro atoms. The van der Waals surface area contributed by atoms with E-state index in [0.29, 0.717) is 50.4 Å². The number of aliphatic carboxylic acids is 1. The van der Waals surface area contributed by atoms with Crippen molar-refractivity contribution in [3.05, 3.63) is 46.4 Å². The molecule has 0 unspecified atom stereocenters. The van der Waals surface area contributed by atoms with Crippen LogP contribution in [0.3, 0.4) is 0 Å². The number of anilines is 2. The molecular formula is C34H47Cl2LiN4O9. The maximum Gasteiger partial charge on any atom is 1.00 e. The van der Waals surface area contributed by atoms with E-state index in [2.05, 4.69) is 5.32 Å². The predicted octanol–water partition coefficient (Wildman–Crippen LogP) is 0.679. The van der Waals surface area contributed by atoms with Crippen molar-refractivity contribution in [2.75, 3.05) is 50.3 Å². The third-order valence-corrected chi connectivity index (χ3v) is 7.59. The van der Waals surface area contributed by atoms with E-state index in [-0.39, 0.29) is 77.3 Å². The minimum Gasteiger partial charge on any atom is -0.550 e. The zero-order valence-electron chi connectivity index (χ0n) is 29.8. The molecule has 2 aromatic carbocycles. The van der Waals surface area contributed by atoms with Crippen LogP contribution in [0.5, 0.6) is 11.5 Å². The van der Waals surface area contributed by atoms with Crippen molar-refractivity contribution in [1.29, 1.82) is 0 Å². The zero-order valence-corrected chi connectivity index (χ0v) is 31.3. The van der Waals surface area contributed by atoms with Gasteiger partial charge < -0.3 is 40.6 Å². The van der Waals surface area contributed by atoms with Crippen LogP contribution in [0.1, 0.15) is 54.4 Å². The molecule has 0 bridgehead atoms. The van der Waals surface area contributed by atoms with E-state index in [9.17, 15) is 29.4 Å². The van der Waals surface area contributed by atoms with E-state index in [1.807, 2.05) is 25.7 Å². The Morgan fingerprint density at radius 2 is 1.26 bits per heavy atom. The molecule has 0 aliphatic carbocycles. The van der Waals surface area contributed by atoms with Crippen molar-refractivity contribution in [3.8, 4) is 11.5 Å². The van der Waals surface area contributed by atoms with Crippen LogP contribution >= 0.6 is 23.2 Å². The van der Waals surface area contributed by atoms with Gasteiger partial charge in [0.25, 0.3) is 0 Å². The fourth-order valence-electron chi connectivity index (χ4n) is 4.82. The van der Waals surface area contributed by atoms with E-state index < -0.39 is 23.1 Å². The van der Waals surface area contributed by atoms with Gasteiger partial charge in [0, 0.05) is 36.4 Å². The first-order valence-electron chi connectivity index (χ1n) is 15.7. The van der Waals surface area contributed by atoms with Crippen LogP contribution in [-0.2, 0) is 28.7 Å². The van der Waals surface area contributed by atoms with Crippen LogP contribution in [0.4, 0.5) is 11.4 Å². The quantitative estimate of drug-likeness (QED) is 0.135. The Morgan fingerprint density at radius 1 is 0.820 bits per heavy atom. The van der Waals surface area contributed by atoms with Crippen LogP contribution in [0.2, 0.25) is 10.0 Å². The Labute approximate surface area is 315 Å². The number of ether oxygens (including phenoxy) is 2. The summed E-state index contributed by atoms with van der Waals surface area (Å²) in [7, 11) is 0. The summed E-state index contributed by atoms with van der Waals surface area (Å²) in [4.78, 5) is 49.9. The molecule has 0 radical (unpaired) electrons. The van der Waals surface area contributed by atoms with Gasteiger partial charge in [-0.2, -0.15) is 0 Å². The Hall–Kier alpha value is -3.18. The number of amides is 1. The van der Waals surface area contributed by atoms with Crippen molar-refractivity contribution in [1.82, 2.24) is 9.80 Å². The number of nitrogens with two attached hydrogens (primary N) is 1. The minimum absolute atomic E-state index is 0. The van der Waals surface area contributed by atoms with Crippen LogP contribution in [0, 0.1) is 11.8 Å². The number of rotatable bonds is 7. The average Bonchev–Trinajstić information content (AvgIpc) is 3.62. The standard InChI is InChI=1S/C17H23ClN2O4.C11H19NO4.C6H6ClNO.Li/c1-17(2,3)24-15(22)10-20-7-6-11(9-20)16(23)19-12-4-5-14(21)13(18)8-12;1-11(2,3)16-9(13)7-12-5-4-8(6-12)10(14)15;7-5-3-4(8)1-2-6(5)9;/h4-5,8,11,21H,6-7,9-10H2,1-3H3,(H,19,23);8H,4-7H2,1-3H3,(H,14,15);1-3,9H,8H2;/q;;;+1/p-1/t11-;8-;;/m11../s1. The first kappa shape index (κ1) is 44.8. The average molecular weight is 734 g/mol. The van der Waals surface area contributed by atoms with Crippen molar-refractivity contribution in [3.63, 3.8) is 0 Å². The molecule has 5 N–H and O–H groups in total. The summed E-state index contributed by atoms with van der Waals surface area (Å²) >= 11 is 11.3. The van der Waals surface area contributed by atoms with Gasteiger partial charge in [-0.3, -0.25) is 24.2 Å². The molecule has 1 amide bonds. The molecule has 2 atom stereocenters. The zero-order chi connectivity index (χ0) is 37.1. The molecule has 0 aromatic heterocycles. The SMILES string of the molecule is CC(C)(C)OC(=O)CN1CC[C@@H](C(=O)Nc2ccc(O)c(Cl)c2)C1.CC(C)(C)OC(=O)CN1CC[C@@H](C(=O)[O-])C1.Nc1ccc(O)c(Cl)c1.[Li+]. The van der Waals surface area contributed by atoms with Crippen LogP contribution in [0.25, 0.3) is 0 Å². The van der Waals surface area contributed by atoms with Crippen molar-refractivity contribution < 1.29 is 62.8 Å². The van der Waals surface area contributed by atoms with E-state index in [1.54, 1.807) is 37.8 Å². The molecule has 50 heavy (non-hydrogen) atoms. The summed E-state index contributed by atoms with van der Waals surface area (Å²) < 4.78 is 10.4. The summed E-state index contributed by atoms with van der Waals surface area (Å²) in [6, 6.07) is 9.06. The molecule has 2 aromatic rings. The van der Waals surface area contributed by atoms with E-state index in [1.165, 1.54) is 24.3 Å². The second kappa shape index (κ2) is 20.0. The molecule has 272 valence electrons. The van der Waals surface area contributed by atoms with Gasteiger partial charge in [-0.25, -0.2) is 0 Å². The van der Waals surface area contributed by atoms with Gasteiger partial charge in [-0.1, -0.05) is 23.2 Å². The number of phenols is 2. The summed E-state index contributed by atoms with van der Waals surface area (Å²) in [6.45, 7) is 13.4. The Kier molecular flexibility index (Phi) is 17.9. The molecule has 13 nitrogen and oxygen atoms in total. The molecule has 2 saturated heterocycles. The summed E-state index contributed by atoms with van der Waals surface area (Å²) in [5, 5.41) is 32.1. The first-order chi connectivity index (χ1) is 22.6. The Bertz CT molecular complexity index is 1470. The topological polar surface area (TPSA) is 195 Å². The van der Waals surface area contributed by atoms with Crippen molar-refractivity contribution >= 4 is 58.4 Å². The number of hydrogen-bond acceptors (Lipinski definition) is 12. The number of aromatic hydroxyl groups is 2. The van der Waals surface area contributed by atoms with Gasteiger partial charge in [0.05, 0.1) is 29.1 Å². The number of nitrogens with one attached hydrogen (secondary N) is 1. The number of halogens is 2. The third kappa shape index (κ3) is 17.2. The number of carbonyl (C=O) groups is 4. The number of likely N-dealkylation sites (tertiary alicyclic amines) is 2. The smallest absolute Gasteiger partial charge is 0.550 e. The fourth-order valence-corrected chi connectivity index (χ4v) is 5.19. The number of phenolic OH excluding ortho intramolecular Hbond substituents is 2. The number of carboxylic acids is 1. The second-order valence-electron chi connectivity index (χ2n) is 13.8. The van der Waals surface area contributed by atoms with E-state index >= 15 is 0 Å². The van der Waals surface area contributed by atoms with Gasteiger partial charge in [0.1, 0.15) is 22.7 Å². The normalized spacial score (nSPS) is 17.6. The second-order valence-corrected chi connectivity index (χ2v) is 14.6. The molecule has 2 fully saturated rings. The van der Waals surface area contributed by atoms with Crippen molar-refractivity contribution in [2.45, 2.75) is 65.6 Å². The summed E-state index contributed by atoms with van der Waals surface area (Å²) in [5.41, 5.74) is 5.42. The van der Waals surface area contributed by atoms with Gasteiger partial charge >= 0.3 is 30.8 Å².